The van der Waals surface area contributed by atoms with Crippen molar-refractivity contribution < 1.29 is 19.4 Å². The third-order valence-corrected chi connectivity index (χ3v) is 3.60. The Labute approximate surface area is 130 Å². The zero-order chi connectivity index (χ0) is 16.5. The fraction of sp³-hybridized carbons (Fsp3) is 0.529. The molecule has 22 heavy (non-hydrogen) atoms. The number of carbonyl (C=O) groups excluding carboxylic acids is 1. The van der Waals surface area contributed by atoms with Crippen LogP contribution in [0.15, 0.2) is 24.3 Å². The maximum absolute atomic E-state index is 12.1. The number of rotatable bonds is 4. The Hall–Kier alpha value is -2.04. The second-order valence-electron chi connectivity index (χ2n) is 6.77. The Morgan fingerprint density at radius 1 is 1.23 bits per heavy atom. The van der Waals surface area contributed by atoms with Crippen molar-refractivity contribution in [1.82, 2.24) is 4.90 Å². The van der Waals surface area contributed by atoms with Gasteiger partial charge >= 0.3 is 12.1 Å². The summed E-state index contributed by atoms with van der Waals surface area (Å²) in [5.74, 6) is -0.464. The second kappa shape index (κ2) is 5.99. The second-order valence-corrected chi connectivity index (χ2v) is 6.77. The summed E-state index contributed by atoms with van der Waals surface area (Å²) < 4.78 is 5.25. The average Bonchev–Trinajstić information content (AvgIpc) is 3.21. The fourth-order valence-electron chi connectivity index (χ4n) is 2.34. The van der Waals surface area contributed by atoms with E-state index >= 15 is 0 Å². The lowest BCUT2D eigenvalue weighted by molar-refractivity contribution is -0.142. The van der Waals surface area contributed by atoms with Gasteiger partial charge in [-0.05, 0) is 50.7 Å². The Morgan fingerprint density at radius 3 is 2.18 bits per heavy atom. The maximum Gasteiger partial charge on any atom is 0.411 e. The number of amides is 1. The number of ether oxygens (including phenoxy) is 1. The molecule has 120 valence electrons. The maximum atomic E-state index is 12.1. The molecule has 1 atom stereocenters. The first-order valence-corrected chi connectivity index (χ1v) is 7.47. The number of hydrogen-bond acceptors (Lipinski definition) is 3. The van der Waals surface area contributed by atoms with Crippen LogP contribution in [0, 0.1) is 0 Å². The summed E-state index contributed by atoms with van der Waals surface area (Å²) in [6, 6.07) is 6.42. The lowest BCUT2D eigenvalue weighted by Crippen LogP contribution is -2.39. The van der Waals surface area contributed by atoms with Gasteiger partial charge in [0, 0.05) is 7.05 Å². The van der Waals surface area contributed by atoms with Crippen LogP contribution < -0.4 is 0 Å². The SMILES string of the molecule is CN(C(=O)OC(C)(C)C)C(C(=O)O)c1ccc(C2CC2)cc1. The predicted molar refractivity (Wildman–Crippen MR) is 82.8 cm³/mol. The third kappa shape index (κ3) is 4.00. The molecule has 1 fully saturated rings. The largest absolute Gasteiger partial charge is 0.479 e. The van der Waals surface area contributed by atoms with E-state index in [0.29, 0.717) is 11.5 Å². The minimum Gasteiger partial charge on any atom is -0.479 e. The first-order valence-electron chi connectivity index (χ1n) is 7.47. The van der Waals surface area contributed by atoms with Crippen LogP contribution in [0.2, 0.25) is 0 Å². The summed E-state index contributed by atoms with van der Waals surface area (Å²) >= 11 is 0. The molecule has 1 aromatic rings. The minimum atomic E-state index is -1.08. The minimum absolute atomic E-state index is 0.574. The van der Waals surface area contributed by atoms with Gasteiger partial charge in [0.25, 0.3) is 0 Å². The molecule has 1 saturated carbocycles. The predicted octanol–water partition coefficient (Wildman–Crippen LogP) is 3.56. The number of benzene rings is 1. The number of hydrogen-bond donors (Lipinski definition) is 1. The summed E-state index contributed by atoms with van der Waals surface area (Å²) in [7, 11) is 1.45. The molecule has 0 heterocycles. The zero-order valence-corrected chi connectivity index (χ0v) is 13.5. The molecule has 1 amide bonds. The van der Waals surface area contributed by atoms with Crippen molar-refractivity contribution in [3.05, 3.63) is 35.4 Å². The first-order chi connectivity index (χ1) is 10.2. The molecule has 5 nitrogen and oxygen atoms in total. The molecule has 1 N–H and O–H groups in total. The Balaban J connectivity index is 2.17. The van der Waals surface area contributed by atoms with Crippen molar-refractivity contribution in [3.63, 3.8) is 0 Å². The van der Waals surface area contributed by atoms with Crippen molar-refractivity contribution in [2.75, 3.05) is 7.05 Å². The topological polar surface area (TPSA) is 66.8 Å². The van der Waals surface area contributed by atoms with Gasteiger partial charge in [-0.3, -0.25) is 4.90 Å². The normalized spacial score (nSPS) is 16.0. The van der Waals surface area contributed by atoms with Gasteiger partial charge in [-0.15, -0.1) is 0 Å². The quantitative estimate of drug-likeness (QED) is 0.923. The summed E-state index contributed by atoms with van der Waals surface area (Å²) in [4.78, 5) is 24.8. The molecule has 1 aromatic carbocycles. The Bertz CT molecular complexity index is 555. The molecule has 0 aromatic heterocycles. The molecule has 0 bridgehead atoms. The van der Waals surface area contributed by atoms with Crippen LogP contribution in [-0.4, -0.2) is 34.7 Å². The lowest BCUT2D eigenvalue weighted by Gasteiger charge is -2.28. The van der Waals surface area contributed by atoms with Crippen LogP contribution in [0.4, 0.5) is 4.79 Å². The van der Waals surface area contributed by atoms with E-state index in [0.717, 1.165) is 4.90 Å². The smallest absolute Gasteiger partial charge is 0.411 e. The van der Waals surface area contributed by atoms with Crippen LogP contribution in [-0.2, 0) is 9.53 Å². The van der Waals surface area contributed by atoms with E-state index in [-0.39, 0.29) is 0 Å². The molecule has 1 unspecified atom stereocenters. The van der Waals surface area contributed by atoms with Gasteiger partial charge in [-0.1, -0.05) is 24.3 Å². The molecule has 5 heteroatoms. The Morgan fingerprint density at radius 2 is 1.77 bits per heavy atom. The van der Waals surface area contributed by atoms with Gasteiger partial charge in [0.1, 0.15) is 5.60 Å². The van der Waals surface area contributed by atoms with Crippen LogP contribution in [0.25, 0.3) is 0 Å². The van der Waals surface area contributed by atoms with Crippen LogP contribution in [0.5, 0.6) is 0 Å². The van der Waals surface area contributed by atoms with Crippen molar-refractivity contribution in [3.8, 4) is 0 Å². The summed E-state index contributed by atoms with van der Waals surface area (Å²) in [6.07, 6.45) is 1.74. The highest BCUT2D eigenvalue weighted by Gasteiger charge is 2.32. The number of carboxylic acid groups (broad SMARTS) is 1. The highest BCUT2D eigenvalue weighted by atomic mass is 16.6. The van der Waals surface area contributed by atoms with Gasteiger partial charge in [-0.25, -0.2) is 9.59 Å². The standard InChI is InChI=1S/C17H23NO4/c1-17(2,3)22-16(21)18(4)14(15(19)20)13-9-7-12(8-10-13)11-5-6-11/h7-11,14H,5-6H2,1-4H3,(H,19,20). The monoisotopic (exact) mass is 305 g/mol. The molecule has 0 aliphatic heterocycles. The number of nitrogens with zero attached hydrogens (tertiary/aromatic N) is 1. The number of likely N-dealkylation sites (N-methyl/N-ethyl adjacent to an activating group) is 1. The highest BCUT2D eigenvalue weighted by Crippen LogP contribution is 2.40. The summed E-state index contributed by atoms with van der Waals surface area (Å²) in [5, 5.41) is 9.49. The van der Waals surface area contributed by atoms with E-state index < -0.39 is 23.7 Å². The van der Waals surface area contributed by atoms with Crippen LogP contribution >= 0.6 is 0 Å². The van der Waals surface area contributed by atoms with Crippen LogP contribution in [0.3, 0.4) is 0 Å². The van der Waals surface area contributed by atoms with Crippen molar-refractivity contribution in [2.24, 2.45) is 0 Å². The third-order valence-electron chi connectivity index (χ3n) is 3.60. The average molecular weight is 305 g/mol. The number of carbonyl (C=O) groups is 2. The van der Waals surface area contributed by atoms with E-state index in [1.54, 1.807) is 32.9 Å². The molecule has 1 aliphatic carbocycles. The van der Waals surface area contributed by atoms with E-state index in [2.05, 4.69) is 0 Å². The van der Waals surface area contributed by atoms with E-state index in [1.807, 2.05) is 12.1 Å². The summed E-state index contributed by atoms with van der Waals surface area (Å²) in [5.41, 5.74) is 1.14. The Kier molecular flexibility index (Phi) is 4.44. The highest BCUT2D eigenvalue weighted by molar-refractivity contribution is 5.81. The zero-order valence-electron chi connectivity index (χ0n) is 13.5. The van der Waals surface area contributed by atoms with Crippen molar-refractivity contribution in [2.45, 2.75) is 51.2 Å². The molecule has 1 aliphatic rings. The first kappa shape index (κ1) is 16.3. The van der Waals surface area contributed by atoms with E-state index in [9.17, 15) is 14.7 Å². The van der Waals surface area contributed by atoms with Crippen LogP contribution in [0.1, 0.15) is 56.7 Å². The van der Waals surface area contributed by atoms with Gasteiger partial charge in [0.15, 0.2) is 6.04 Å². The summed E-state index contributed by atoms with van der Waals surface area (Å²) in [6.45, 7) is 5.25. The molecule has 0 spiro atoms. The number of carboxylic acids is 1. The van der Waals surface area contributed by atoms with Gasteiger partial charge in [-0.2, -0.15) is 0 Å². The van der Waals surface area contributed by atoms with Gasteiger partial charge < -0.3 is 9.84 Å². The molecule has 0 radical (unpaired) electrons. The number of aliphatic carboxylic acids is 1. The molecular formula is C17H23NO4. The van der Waals surface area contributed by atoms with Crippen molar-refractivity contribution in [1.29, 1.82) is 0 Å². The van der Waals surface area contributed by atoms with Gasteiger partial charge in [0.05, 0.1) is 0 Å². The van der Waals surface area contributed by atoms with E-state index in [1.165, 1.54) is 25.5 Å². The molecule has 2 rings (SSSR count). The lowest BCUT2D eigenvalue weighted by atomic mass is 10.0. The molecular weight excluding hydrogens is 282 g/mol. The molecule has 0 saturated heterocycles. The fourth-order valence-corrected chi connectivity index (χ4v) is 2.34. The van der Waals surface area contributed by atoms with Crippen molar-refractivity contribution >= 4 is 12.1 Å². The van der Waals surface area contributed by atoms with E-state index in [4.69, 9.17) is 4.74 Å². The van der Waals surface area contributed by atoms with Gasteiger partial charge in [0.2, 0.25) is 0 Å².